The zero-order valence-corrected chi connectivity index (χ0v) is 15.2. The molecule has 0 radical (unpaired) electrons. The number of ether oxygens (including phenoxy) is 1. The number of carbonyl (C=O) groups is 1. The van der Waals surface area contributed by atoms with E-state index in [9.17, 15) is 14.9 Å². The van der Waals surface area contributed by atoms with Gasteiger partial charge < -0.3 is 4.74 Å². The van der Waals surface area contributed by atoms with Crippen LogP contribution in [0.5, 0.6) is 5.75 Å². The summed E-state index contributed by atoms with van der Waals surface area (Å²) in [6.45, 7) is 7.46. The SMILES string of the molecule is C/C(=N/NC(=O)COc1ccccc1[N+](=O)[O-])c1c(C)cc(C)cc1C. The van der Waals surface area contributed by atoms with Gasteiger partial charge in [0.05, 0.1) is 10.6 Å². The van der Waals surface area contributed by atoms with Crippen molar-refractivity contribution in [2.75, 3.05) is 6.61 Å². The van der Waals surface area contributed by atoms with E-state index >= 15 is 0 Å². The van der Waals surface area contributed by atoms with E-state index in [1.807, 2.05) is 27.7 Å². The van der Waals surface area contributed by atoms with Crippen molar-refractivity contribution >= 4 is 17.3 Å². The van der Waals surface area contributed by atoms with Gasteiger partial charge in [-0.1, -0.05) is 29.8 Å². The maximum absolute atomic E-state index is 11.9. The van der Waals surface area contributed by atoms with Crippen molar-refractivity contribution < 1.29 is 14.5 Å². The molecule has 0 saturated heterocycles. The topological polar surface area (TPSA) is 93.8 Å². The van der Waals surface area contributed by atoms with Crippen LogP contribution in [0.2, 0.25) is 0 Å². The van der Waals surface area contributed by atoms with Crippen molar-refractivity contribution in [2.45, 2.75) is 27.7 Å². The first-order valence-corrected chi connectivity index (χ1v) is 8.07. The van der Waals surface area contributed by atoms with Crippen molar-refractivity contribution in [1.82, 2.24) is 5.43 Å². The van der Waals surface area contributed by atoms with Gasteiger partial charge in [-0.05, 0) is 44.9 Å². The second-order valence-electron chi connectivity index (χ2n) is 6.02. The van der Waals surface area contributed by atoms with E-state index in [2.05, 4.69) is 22.7 Å². The zero-order chi connectivity index (χ0) is 19.3. The Morgan fingerprint density at radius 3 is 2.42 bits per heavy atom. The fourth-order valence-electron chi connectivity index (χ4n) is 2.86. The van der Waals surface area contributed by atoms with Crippen LogP contribution < -0.4 is 10.2 Å². The lowest BCUT2D eigenvalue weighted by Gasteiger charge is -2.11. The van der Waals surface area contributed by atoms with Gasteiger partial charge >= 0.3 is 5.69 Å². The van der Waals surface area contributed by atoms with Crippen molar-refractivity contribution in [3.8, 4) is 5.75 Å². The molecular weight excluding hydrogens is 334 g/mol. The van der Waals surface area contributed by atoms with E-state index in [4.69, 9.17) is 4.74 Å². The monoisotopic (exact) mass is 355 g/mol. The molecule has 0 fully saturated rings. The predicted octanol–water partition coefficient (Wildman–Crippen LogP) is 3.44. The van der Waals surface area contributed by atoms with Gasteiger partial charge in [0.2, 0.25) is 0 Å². The molecule has 136 valence electrons. The lowest BCUT2D eigenvalue weighted by molar-refractivity contribution is -0.385. The fraction of sp³-hybridized carbons (Fsp3) is 0.263. The first-order valence-electron chi connectivity index (χ1n) is 8.07. The summed E-state index contributed by atoms with van der Waals surface area (Å²) in [6.07, 6.45) is 0. The Morgan fingerprint density at radius 1 is 1.19 bits per heavy atom. The van der Waals surface area contributed by atoms with Crippen LogP contribution in [-0.4, -0.2) is 23.1 Å². The smallest absolute Gasteiger partial charge is 0.310 e. The molecule has 0 atom stereocenters. The van der Waals surface area contributed by atoms with E-state index in [0.29, 0.717) is 5.71 Å². The van der Waals surface area contributed by atoms with Crippen LogP contribution in [0.1, 0.15) is 29.2 Å². The number of carbonyl (C=O) groups excluding carboxylic acids is 1. The van der Waals surface area contributed by atoms with Gasteiger partial charge in [-0.2, -0.15) is 5.10 Å². The third kappa shape index (κ3) is 4.66. The molecule has 1 amide bonds. The number of hydrogen-bond acceptors (Lipinski definition) is 5. The molecule has 0 aliphatic rings. The number of nitro groups is 1. The average molecular weight is 355 g/mol. The molecule has 2 rings (SSSR count). The minimum Gasteiger partial charge on any atom is -0.477 e. The summed E-state index contributed by atoms with van der Waals surface area (Å²) in [7, 11) is 0. The molecule has 2 aromatic carbocycles. The van der Waals surface area contributed by atoms with Crippen LogP contribution in [0.15, 0.2) is 41.5 Å². The molecule has 0 saturated carbocycles. The average Bonchev–Trinajstić information content (AvgIpc) is 2.57. The number of nitrogens with one attached hydrogen (secondary N) is 1. The summed E-state index contributed by atoms with van der Waals surface area (Å²) in [6, 6.07) is 10.0. The van der Waals surface area contributed by atoms with Gasteiger partial charge in [0, 0.05) is 11.6 Å². The lowest BCUT2D eigenvalue weighted by Crippen LogP contribution is -2.26. The molecule has 7 heteroatoms. The highest BCUT2D eigenvalue weighted by molar-refractivity contribution is 6.01. The van der Waals surface area contributed by atoms with Gasteiger partial charge in [-0.3, -0.25) is 14.9 Å². The van der Waals surface area contributed by atoms with E-state index in [1.54, 1.807) is 6.07 Å². The summed E-state index contributed by atoms with van der Waals surface area (Å²) >= 11 is 0. The highest BCUT2D eigenvalue weighted by atomic mass is 16.6. The molecule has 0 bridgehead atoms. The number of para-hydroxylation sites is 2. The number of nitro benzene ring substituents is 1. The van der Waals surface area contributed by atoms with Crippen LogP contribution >= 0.6 is 0 Å². The highest BCUT2D eigenvalue weighted by Crippen LogP contribution is 2.25. The Balaban J connectivity index is 2.03. The minimum absolute atomic E-state index is 0.0403. The van der Waals surface area contributed by atoms with Crippen LogP contribution in [0.25, 0.3) is 0 Å². The number of amides is 1. The first kappa shape index (κ1) is 19.1. The van der Waals surface area contributed by atoms with Crippen LogP contribution in [-0.2, 0) is 4.79 Å². The molecule has 0 heterocycles. The molecule has 26 heavy (non-hydrogen) atoms. The third-order valence-electron chi connectivity index (χ3n) is 3.81. The molecule has 1 N–H and O–H groups in total. The number of benzene rings is 2. The largest absolute Gasteiger partial charge is 0.477 e. The van der Waals surface area contributed by atoms with Crippen molar-refractivity contribution in [3.63, 3.8) is 0 Å². The van der Waals surface area contributed by atoms with Gasteiger partial charge in [0.25, 0.3) is 5.91 Å². The van der Waals surface area contributed by atoms with Crippen molar-refractivity contribution in [2.24, 2.45) is 5.10 Å². The Labute approximate surface area is 151 Å². The molecule has 0 spiro atoms. The van der Waals surface area contributed by atoms with Crippen molar-refractivity contribution in [1.29, 1.82) is 0 Å². The number of rotatable bonds is 6. The lowest BCUT2D eigenvalue weighted by atomic mass is 9.97. The Hall–Kier alpha value is -3.22. The third-order valence-corrected chi connectivity index (χ3v) is 3.81. The first-order chi connectivity index (χ1) is 12.3. The summed E-state index contributed by atoms with van der Waals surface area (Å²) < 4.78 is 5.24. The summed E-state index contributed by atoms with van der Waals surface area (Å²) in [5.74, 6) is -0.455. The molecule has 7 nitrogen and oxygen atoms in total. The molecule has 0 aliphatic carbocycles. The fourth-order valence-corrected chi connectivity index (χ4v) is 2.86. The number of nitrogens with zero attached hydrogens (tertiary/aromatic N) is 2. The molecule has 2 aromatic rings. The molecule has 0 aliphatic heterocycles. The molecule has 0 aromatic heterocycles. The Bertz CT molecular complexity index is 852. The van der Waals surface area contributed by atoms with E-state index < -0.39 is 10.8 Å². The maximum Gasteiger partial charge on any atom is 0.310 e. The maximum atomic E-state index is 11.9. The number of hydrogen-bond donors (Lipinski definition) is 1. The van der Waals surface area contributed by atoms with E-state index in [-0.39, 0.29) is 18.0 Å². The second-order valence-corrected chi connectivity index (χ2v) is 6.02. The Morgan fingerprint density at radius 2 is 1.81 bits per heavy atom. The van der Waals surface area contributed by atoms with Crippen LogP contribution in [0.3, 0.4) is 0 Å². The normalized spacial score (nSPS) is 11.2. The van der Waals surface area contributed by atoms with Gasteiger partial charge in [-0.25, -0.2) is 5.43 Å². The predicted molar refractivity (Wildman–Crippen MR) is 99.6 cm³/mol. The van der Waals surface area contributed by atoms with Crippen molar-refractivity contribution in [3.05, 3.63) is 68.8 Å². The second kappa shape index (κ2) is 8.24. The van der Waals surface area contributed by atoms with E-state index in [0.717, 1.165) is 16.7 Å². The highest BCUT2D eigenvalue weighted by Gasteiger charge is 2.15. The summed E-state index contributed by atoms with van der Waals surface area (Å²) in [5, 5.41) is 15.0. The standard InChI is InChI=1S/C19H21N3O4/c1-12-9-13(2)19(14(3)10-12)15(4)20-21-18(23)11-26-17-8-6-5-7-16(17)22(24)25/h5-10H,11H2,1-4H3,(H,21,23)/b20-15-. The number of hydrazone groups is 1. The zero-order valence-electron chi connectivity index (χ0n) is 15.2. The molecular formula is C19H21N3O4. The molecule has 0 unspecified atom stereocenters. The number of aryl methyl sites for hydroxylation is 3. The Kier molecular flexibility index (Phi) is 6.06. The van der Waals surface area contributed by atoms with Gasteiger partial charge in [0.1, 0.15) is 0 Å². The minimum atomic E-state index is -0.557. The summed E-state index contributed by atoms with van der Waals surface area (Å²) in [4.78, 5) is 22.3. The van der Waals surface area contributed by atoms with E-state index in [1.165, 1.54) is 23.8 Å². The quantitative estimate of drug-likeness (QED) is 0.488. The van der Waals surface area contributed by atoms with Crippen LogP contribution in [0, 0.1) is 30.9 Å². The van der Waals surface area contributed by atoms with Gasteiger partial charge in [-0.15, -0.1) is 0 Å². The van der Waals surface area contributed by atoms with Gasteiger partial charge in [0.15, 0.2) is 12.4 Å². The van der Waals surface area contributed by atoms with Crippen LogP contribution in [0.4, 0.5) is 5.69 Å². The summed E-state index contributed by atoms with van der Waals surface area (Å²) in [5.41, 5.74) is 7.22.